The summed E-state index contributed by atoms with van der Waals surface area (Å²) in [7, 11) is 1.67. The van der Waals surface area contributed by atoms with Crippen molar-refractivity contribution in [2.75, 3.05) is 44.3 Å². The van der Waals surface area contributed by atoms with Crippen LogP contribution in [0.1, 0.15) is 12.8 Å². The quantitative estimate of drug-likeness (QED) is 0.764. The number of hydrogen-bond donors (Lipinski definition) is 2. The number of hydrogen-bond acceptors (Lipinski definition) is 4. The molecule has 1 fully saturated rings. The van der Waals surface area contributed by atoms with Crippen molar-refractivity contribution < 1.29 is 4.74 Å². The molecule has 0 radical (unpaired) electrons. The maximum atomic E-state index is 5.91. The normalized spacial score (nSPS) is 16.1. The minimum Gasteiger partial charge on any atom is -0.497 e. The minimum atomic E-state index is 0.771. The molecular formula is C13H21N3O. The van der Waals surface area contributed by atoms with Crippen LogP contribution in [0.2, 0.25) is 0 Å². The van der Waals surface area contributed by atoms with Gasteiger partial charge in [0.25, 0.3) is 0 Å². The summed E-state index contributed by atoms with van der Waals surface area (Å²) < 4.78 is 5.18. The molecule has 4 heteroatoms. The summed E-state index contributed by atoms with van der Waals surface area (Å²) in [5.74, 6) is 0.836. The Balaban J connectivity index is 1.84. The smallest absolute Gasteiger partial charge is 0.121 e. The molecule has 0 spiro atoms. The first kappa shape index (κ1) is 12.0. The van der Waals surface area contributed by atoms with Gasteiger partial charge in [0.1, 0.15) is 5.75 Å². The number of ether oxygens (including phenoxy) is 1. The third-order valence-electron chi connectivity index (χ3n) is 3.20. The van der Waals surface area contributed by atoms with Gasteiger partial charge in [-0.25, -0.2) is 0 Å². The van der Waals surface area contributed by atoms with E-state index in [0.717, 1.165) is 30.2 Å². The Kier molecular flexibility index (Phi) is 4.09. The van der Waals surface area contributed by atoms with Gasteiger partial charge in [0.15, 0.2) is 0 Å². The fourth-order valence-corrected chi connectivity index (χ4v) is 2.17. The van der Waals surface area contributed by atoms with E-state index in [1.807, 2.05) is 18.2 Å². The molecule has 4 nitrogen and oxygen atoms in total. The fourth-order valence-electron chi connectivity index (χ4n) is 2.17. The summed E-state index contributed by atoms with van der Waals surface area (Å²) in [6, 6.07) is 5.69. The first-order valence-electron chi connectivity index (χ1n) is 6.19. The highest BCUT2D eigenvalue weighted by atomic mass is 16.5. The number of nitrogen functional groups attached to an aromatic ring is 1. The van der Waals surface area contributed by atoms with E-state index in [0.29, 0.717) is 0 Å². The minimum absolute atomic E-state index is 0.771. The largest absolute Gasteiger partial charge is 0.497 e. The molecule has 0 amide bonds. The molecule has 0 aliphatic carbocycles. The lowest BCUT2D eigenvalue weighted by atomic mass is 10.2. The average molecular weight is 235 g/mol. The summed E-state index contributed by atoms with van der Waals surface area (Å²) in [6.07, 6.45) is 2.67. The molecule has 1 aromatic carbocycles. The zero-order valence-electron chi connectivity index (χ0n) is 10.4. The Bertz CT molecular complexity index is 362. The lowest BCUT2D eigenvalue weighted by Gasteiger charge is -2.16. The van der Waals surface area contributed by atoms with Gasteiger partial charge in [0.2, 0.25) is 0 Å². The van der Waals surface area contributed by atoms with E-state index in [-0.39, 0.29) is 0 Å². The lowest BCUT2D eigenvalue weighted by molar-refractivity contribution is 0.352. The van der Waals surface area contributed by atoms with Gasteiger partial charge in [-0.1, -0.05) is 0 Å². The van der Waals surface area contributed by atoms with Gasteiger partial charge >= 0.3 is 0 Å². The molecule has 0 unspecified atom stereocenters. The van der Waals surface area contributed by atoms with Crippen molar-refractivity contribution in [1.82, 2.24) is 4.90 Å². The fraction of sp³-hybridized carbons (Fsp3) is 0.538. The molecule has 0 aromatic heterocycles. The highest BCUT2D eigenvalue weighted by Crippen LogP contribution is 2.24. The zero-order chi connectivity index (χ0) is 12.1. The number of rotatable bonds is 5. The molecule has 1 aliphatic rings. The van der Waals surface area contributed by atoms with Crippen LogP contribution in [0.5, 0.6) is 5.75 Å². The Morgan fingerprint density at radius 3 is 2.82 bits per heavy atom. The third kappa shape index (κ3) is 3.27. The molecule has 1 aliphatic heterocycles. The number of nitrogens with one attached hydrogen (secondary N) is 1. The van der Waals surface area contributed by atoms with Crippen LogP contribution in [-0.4, -0.2) is 38.2 Å². The average Bonchev–Trinajstić information content (AvgIpc) is 2.84. The highest BCUT2D eigenvalue weighted by molar-refractivity contribution is 5.68. The second-order valence-corrected chi connectivity index (χ2v) is 4.43. The zero-order valence-corrected chi connectivity index (χ0v) is 10.4. The van der Waals surface area contributed by atoms with E-state index in [9.17, 15) is 0 Å². The van der Waals surface area contributed by atoms with Crippen LogP contribution in [0.4, 0.5) is 11.4 Å². The van der Waals surface area contributed by atoms with E-state index in [1.165, 1.54) is 25.9 Å². The molecule has 0 atom stereocenters. The molecule has 94 valence electrons. The van der Waals surface area contributed by atoms with Crippen LogP contribution < -0.4 is 15.8 Å². The van der Waals surface area contributed by atoms with Crippen molar-refractivity contribution in [2.45, 2.75) is 12.8 Å². The Hall–Kier alpha value is -1.42. The lowest BCUT2D eigenvalue weighted by Crippen LogP contribution is -2.26. The van der Waals surface area contributed by atoms with Crippen LogP contribution in [0.3, 0.4) is 0 Å². The summed E-state index contributed by atoms with van der Waals surface area (Å²) >= 11 is 0. The van der Waals surface area contributed by atoms with Crippen molar-refractivity contribution in [3.8, 4) is 5.75 Å². The monoisotopic (exact) mass is 235 g/mol. The van der Waals surface area contributed by atoms with Gasteiger partial charge in [-0.05, 0) is 38.1 Å². The van der Waals surface area contributed by atoms with Gasteiger partial charge in [-0.15, -0.1) is 0 Å². The van der Waals surface area contributed by atoms with Gasteiger partial charge in [-0.2, -0.15) is 0 Å². The number of nitrogens with zero attached hydrogens (tertiary/aromatic N) is 1. The van der Waals surface area contributed by atoms with Crippen LogP contribution in [-0.2, 0) is 0 Å². The van der Waals surface area contributed by atoms with Crippen molar-refractivity contribution in [2.24, 2.45) is 0 Å². The van der Waals surface area contributed by atoms with Crippen molar-refractivity contribution >= 4 is 11.4 Å². The molecule has 1 heterocycles. The van der Waals surface area contributed by atoms with Gasteiger partial charge in [0.05, 0.1) is 18.5 Å². The van der Waals surface area contributed by atoms with E-state index in [1.54, 1.807) is 7.11 Å². The first-order valence-corrected chi connectivity index (χ1v) is 6.19. The molecular weight excluding hydrogens is 214 g/mol. The molecule has 17 heavy (non-hydrogen) atoms. The topological polar surface area (TPSA) is 50.5 Å². The molecule has 3 N–H and O–H groups in total. The molecule has 1 saturated heterocycles. The first-order chi connectivity index (χ1) is 8.29. The number of anilines is 2. The number of likely N-dealkylation sites (tertiary alicyclic amines) is 1. The van der Waals surface area contributed by atoms with Crippen LogP contribution in [0, 0.1) is 0 Å². The molecule has 0 bridgehead atoms. The maximum Gasteiger partial charge on any atom is 0.121 e. The van der Waals surface area contributed by atoms with Gasteiger partial charge < -0.3 is 20.7 Å². The number of benzene rings is 1. The van der Waals surface area contributed by atoms with Gasteiger partial charge in [0, 0.05) is 19.2 Å². The summed E-state index contributed by atoms with van der Waals surface area (Å²) in [6.45, 7) is 4.47. The standard InChI is InChI=1S/C13H21N3O/c1-17-11-4-5-12(14)13(10-11)15-6-9-16-7-2-3-8-16/h4-5,10,15H,2-3,6-9,14H2,1H3. The SMILES string of the molecule is COc1ccc(N)c(NCCN2CCCC2)c1. The van der Waals surface area contributed by atoms with E-state index in [4.69, 9.17) is 10.5 Å². The van der Waals surface area contributed by atoms with Crippen molar-refractivity contribution in [3.05, 3.63) is 18.2 Å². The third-order valence-corrected chi connectivity index (χ3v) is 3.20. The summed E-state index contributed by atoms with van der Waals surface area (Å²) in [4.78, 5) is 2.48. The molecule has 1 aromatic rings. The predicted octanol–water partition coefficient (Wildman–Crippen LogP) is 1.79. The Morgan fingerprint density at radius 1 is 1.35 bits per heavy atom. The highest BCUT2D eigenvalue weighted by Gasteiger charge is 2.10. The van der Waals surface area contributed by atoms with E-state index >= 15 is 0 Å². The number of nitrogens with two attached hydrogens (primary N) is 1. The second kappa shape index (κ2) is 5.77. The van der Waals surface area contributed by atoms with Crippen LogP contribution >= 0.6 is 0 Å². The van der Waals surface area contributed by atoms with E-state index in [2.05, 4.69) is 10.2 Å². The molecule has 0 saturated carbocycles. The molecule has 2 rings (SSSR count). The van der Waals surface area contributed by atoms with Gasteiger partial charge in [-0.3, -0.25) is 0 Å². The predicted molar refractivity (Wildman–Crippen MR) is 71.6 cm³/mol. The maximum absolute atomic E-state index is 5.91. The van der Waals surface area contributed by atoms with Crippen molar-refractivity contribution in [3.63, 3.8) is 0 Å². The number of methoxy groups -OCH3 is 1. The van der Waals surface area contributed by atoms with Crippen LogP contribution in [0.25, 0.3) is 0 Å². The Morgan fingerprint density at radius 2 is 2.12 bits per heavy atom. The van der Waals surface area contributed by atoms with Crippen LogP contribution in [0.15, 0.2) is 18.2 Å². The van der Waals surface area contributed by atoms with E-state index < -0.39 is 0 Å². The second-order valence-electron chi connectivity index (χ2n) is 4.43. The summed E-state index contributed by atoms with van der Waals surface area (Å²) in [5.41, 5.74) is 7.64. The van der Waals surface area contributed by atoms with Crippen molar-refractivity contribution in [1.29, 1.82) is 0 Å². The summed E-state index contributed by atoms with van der Waals surface area (Å²) in [5, 5.41) is 3.37. The Labute approximate surface area is 103 Å².